The molecule has 0 saturated carbocycles. The Morgan fingerprint density at radius 2 is 2.33 bits per heavy atom. The monoisotopic (exact) mass is 126 g/mol. The molecule has 0 aromatic carbocycles. The SMILES string of the molecule is C=Cn1ccnc1.CO. The molecule has 0 atom stereocenters. The molecule has 0 spiro atoms. The maximum absolute atomic E-state index is 7.00. The molecule has 3 heteroatoms. The number of hydrogen-bond acceptors (Lipinski definition) is 2. The number of aromatic nitrogens is 2. The molecule has 0 aliphatic carbocycles. The van der Waals surface area contributed by atoms with Gasteiger partial charge in [0.15, 0.2) is 0 Å². The van der Waals surface area contributed by atoms with Crippen LogP contribution >= 0.6 is 0 Å². The lowest BCUT2D eigenvalue weighted by atomic mass is 10.9. The summed E-state index contributed by atoms with van der Waals surface area (Å²) in [6.07, 6.45) is 6.91. The largest absolute Gasteiger partial charge is 0.400 e. The van der Waals surface area contributed by atoms with Crippen LogP contribution < -0.4 is 0 Å². The molecule has 0 unspecified atom stereocenters. The summed E-state index contributed by atoms with van der Waals surface area (Å²) in [5.74, 6) is 0. The summed E-state index contributed by atoms with van der Waals surface area (Å²) in [6, 6.07) is 0. The van der Waals surface area contributed by atoms with Crippen molar-refractivity contribution in [2.24, 2.45) is 0 Å². The topological polar surface area (TPSA) is 38.0 Å². The minimum absolute atomic E-state index is 1.00. The Morgan fingerprint density at radius 3 is 2.56 bits per heavy atom. The molecule has 0 amide bonds. The Labute approximate surface area is 54.3 Å². The van der Waals surface area contributed by atoms with Crippen molar-refractivity contribution in [3.8, 4) is 0 Å². The average Bonchev–Trinajstić information content (AvgIpc) is 2.43. The van der Waals surface area contributed by atoms with Gasteiger partial charge in [-0.2, -0.15) is 0 Å². The molecular formula is C6H10N2O. The van der Waals surface area contributed by atoms with Crippen LogP contribution in [-0.4, -0.2) is 21.8 Å². The van der Waals surface area contributed by atoms with Crippen molar-refractivity contribution >= 4 is 6.20 Å². The zero-order chi connectivity index (χ0) is 7.11. The van der Waals surface area contributed by atoms with Crippen LogP contribution in [0.1, 0.15) is 0 Å². The molecule has 1 heterocycles. The Bertz CT molecular complexity index is 146. The van der Waals surface area contributed by atoms with Crippen LogP contribution in [0.5, 0.6) is 0 Å². The second-order valence-electron chi connectivity index (χ2n) is 1.19. The Morgan fingerprint density at radius 1 is 1.67 bits per heavy atom. The van der Waals surface area contributed by atoms with Gasteiger partial charge in [-0.15, -0.1) is 0 Å². The fourth-order valence-electron chi connectivity index (χ4n) is 0.377. The van der Waals surface area contributed by atoms with E-state index in [1.807, 2.05) is 6.20 Å². The van der Waals surface area contributed by atoms with Crippen molar-refractivity contribution in [2.75, 3.05) is 7.11 Å². The summed E-state index contributed by atoms with van der Waals surface area (Å²) in [5, 5.41) is 7.00. The van der Waals surface area contributed by atoms with Crippen LogP contribution in [0.3, 0.4) is 0 Å². The number of rotatable bonds is 1. The number of imidazole rings is 1. The van der Waals surface area contributed by atoms with Crippen molar-refractivity contribution in [2.45, 2.75) is 0 Å². The van der Waals surface area contributed by atoms with E-state index < -0.39 is 0 Å². The molecule has 50 valence electrons. The second-order valence-corrected chi connectivity index (χ2v) is 1.19. The predicted molar refractivity (Wildman–Crippen MR) is 36.8 cm³/mol. The molecule has 1 aromatic rings. The first-order chi connectivity index (χ1) is 4.43. The van der Waals surface area contributed by atoms with Gasteiger partial charge in [-0.1, -0.05) is 6.58 Å². The first kappa shape index (κ1) is 7.91. The van der Waals surface area contributed by atoms with Crippen molar-refractivity contribution in [1.82, 2.24) is 9.55 Å². The molecule has 1 N–H and O–H groups in total. The van der Waals surface area contributed by atoms with Crippen molar-refractivity contribution < 1.29 is 5.11 Å². The highest BCUT2D eigenvalue weighted by atomic mass is 16.2. The van der Waals surface area contributed by atoms with Gasteiger partial charge in [0.05, 0.1) is 6.33 Å². The average molecular weight is 126 g/mol. The van der Waals surface area contributed by atoms with Crippen LogP contribution in [0.2, 0.25) is 0 Å². The summed E-state index contributed by atoms with van der Waals surface area (Å²) < 4.78 is 1.78. The minimum Gasteiger partial charge on any atom is -0.400 e. The molecule has 0 saturated heterocycles. The van der Waals surface area contributed by atoms with Gasteiger partial charge in [0, 0.05) is 25.7 Å². The smallest absolute Gasteiger partial charge is 0.0986 e. The first-order valence-corrected chi connectivity index (χ1v) is 2.48. The van der Waals surface area contributed by atoms with Crippen LogP contribution in [0.25, 0.3) is 6.20 Å². The zero-order valence-corrected chi connectivity index (χ0v) is 5.36. The highest BCUT2D eigenvalue weighted by Crippen LogP contribution is 1.81. The molecule has 0 fully saturated rings. The van der Waals surface area contributed by atoms with Gasteiger partial charge in [0.1, 0.15) is 0 Å². The van der Waals surface area contributed by atoms with Crippen LogP contribution in [0, 0.1) is 0 Å². The van der Waals surface area contributed by atoms with E-state index in [0.717, 1.165) is 7.11 Å². The number of aliphatic hydroxyl groups is 1. The van der Waals surface area contributed by atoms with Gasteiger partial charge >= 0.3 is 0 Å². The summed E-state index contributed by atoms with van der Waals surface area (Å²) in [5.41, 5.74) is 0. The van der Waals surface area contributed by atoms with E-state index >= 15 is 0 Å². The lowest BCUT2D eigenvalue weighted by Crippen LogP contribution is -1.73. The molecular weight excluding hydrogens is 116 g/mol. The predicted octanol–water partition coefficient (Wildman–Crippen LogP) is 0.592. The van der Waals surface area contributed by atoms with Gasteiger partial charge in [0.2, 0.25) is 0 Å². The molecule has 9 heavy (non-hydrogen) atoms. The van der Waals surface area contributed by atoms with Crippen LogP contribution in [0.4, 0.5) is 0 Å². The second kappa shape index (κ2) is 5.05. The van der Waals surface area contributed by atoms with Gasteiger partial charge in [0.25, 0.3) is 0 Å². The van der Waals surface area contributed by atoms with E-state index in [0.29, 0.717) is 0 Å². The fourth-order valence-corrected chi connectivity index (χ4v) is 0.377. The van der Waals surface area contributed by atoms with Crippen molar-refractivity contribution in [3.63, 3.8) is 0 Å². The zero-order valence-electron chi connectivity index (χ0n) is 5.36. The third-order valence-corrected chi connectivity index (χ3v) is 0.736. The summed E-state index contributed by atoms with van der Waals surface area (Å²) in [4.78, 5) is 3.78. The molecule has 0 bridgehead atoms. The van der Waals surface area contributed by atoms with Gasteiger partial charge in [-0.25, -0.2) is 4.98 Å². The Balaban J connectivity index is 0.000000291. The van der Waals surface area contributed by atoms with Gasteiger partial charge in [-0.3, -0.25) is 0 Å². The van der Waals surface area contributed by atoms with E-state index in [-0.39, 0.29) is 0 Å². The van der Waals surface area contributed by atoms with E-state index in [1.54, 1.807) is 23.3 Å². The lowest BCUT2D eigenvalue weighted by Gasteiger charge is -1.80. The van der Waals surface area contributed by atoms with E-state index in [4.69, 9.17) is 5.11 Å². The lowest BCUT2D eigenvalue weighted by molar-refractivity contribution is 0.399. The third kappa shape index (κ3) is 2.66. The maximum Gasteiger partial charge on any atom is 0.0986 e. The normalized spacial score (nSPS) is 7.33. The van der Waals surface area contributed by atoms with Crippen LogP contribution in [0.15, 0.2) is 25.3 Å². The molecule has 0 aliphatic rings. The quantitative estimate of drug-likeness (QED) is 0.598. The van der Waals surface area contributed by atoms with Crippen molar-refractivity contribution in [3.05, 3.63) is 25.3 Å². The molecule has 3 nitrogen and oxygen atoms in total. The summed E-state index contributed by atoms with van der Waals surface area (Å²) >= 11 is 0. The fraction of sp³-hybridized carbons (Fsp3) is 0.167. The Kier molecular flexibility index (Phi) is 4.44. The standard InChI is InChI=1S/C5H6N2.CH4O/c1-2-7-4-3-6-5-7;1-2/h2-5H,1H2;2H,1H3. The number of nitrogens with zero attached hydrogens (tertiary/aromatic N) is 2. The first-order valence-electron chi connectivity index (χ1n) is 2.48. The third-order valence-electron chi connectivity index (χ3n) is 0.736. The minimum atomic E-state index is 1.00. The van der Waals surface area contributed by atoms with E-state index in [1.165, 1.54) is 0 Å². The van der Waals surface area contributed by atoms with Gasteiger partial charge in [-0.05, 0) is 0 Å². The van der Waals surface area contributed by atoms with Gasteiger partial charge < -0.3 is 9.67 Å². The number of aliphatic hydroxyl groups excluding tert-OH is 1. The van der Waals surface area contributed by atoms with Crippen LogP contribution in [-0.2, 0) is 0 Å². The summed E-state index contributed by atoms with van der Waals surface area (Å²) in [6.45, 7) is 3.53. The highest BCUT2D eigenvalue weighted by Gasteiger charge is 1.73. The van der Waals surface area contributed by atoms with E-state index in [9.17, 15) is 0 Å². The molecule has 1 aromatic heterocycles. The van der Waals surface area contributed by atoms with Crippen molar-refractivity contribution in [1.29, 1.82) is 0 Å². The number of hydrogen-bond donors (Lipinski definition) is 1. The molecule has 0 aliphatic heterocycles. The highest BCUT2D eigenvalue weighted by molar-refractivity contribution is 5.14. The molecule has 1 rings (SSSR count). The summed E-state index contributed by atoms with van der Waals surface area (Å²) in [7, 11) is 1.00. The van der Waals surface area contributed by atoms with E-state index in [2.05, 4.69) is 11.6 Å². The molecule has 0 radical (unpaired) electrons. The Hall–Kier alpha value is -1.09. The maximum atomic E-state index is 7.00.